The zero-order chi connectivity index (χ0) is 57.8. The Morgan fingerprint density at radius 3 is 1.45 bits per heavy atom. The molecule has 4 unspecified atom stereocenters. The van der Waals surface area contributed by atoms with Gasteiger partial charge < -0.3 is 28.1 Å². The van der Waals surface area contributed by atoms with Crippen molar-refractivity contribution in [3.63, 3.8) is 0 Å². The summed E-state index contributed by atoms with van der Waals surface area (Å²) < 4.78 is 324. The van der Waals surface area contributed by atoms with Gasteiger partial charge in [0.25, 0.3) is 0 Å². The van der Waals surface area contributed by atoms with Crippen LogP contribution in [0.15, 0.2) is 55.1 Å². The summed E-state index contributed by atoms with van der Waals surface area (Å²) in [5.41, 5.74) is 1.22. The molecule has 74 heavy (non-hydrogen) atoms. The molecule has 0 aromatic heterocycles. The van der Waals surface area contributed by atoms with E-state index in [1.807, 2.05) is 13.8 Å². The van der Waals surface area contributed by atoms with Crippen molar-refractivity contribution in [1.82, 2.24) is 0 Å². The zero-order valence-electron chi connectivity index (χ0n) is 41.2. The van der Waals surface area contributed by atoms with Crippen molar-refractivity contribution in [1.29, 1.82) is 0 Å². The third-order valence-electron chi connectivity index (χ3n) is 12.7. The topological polar surface area (TPSA) is 55.4 Å². The fourth-order valence-electron chi connectivity index (χ4n) is 6.73. The molecule has 0 amide bonds. The molecule has 4 atom stereocenters. The largest absolute Gasteiger partial charge is 0.494 e. The predicted octanol–water partition coefficient (Wildman–Crippen LogP) is 15.9. The molecule has 0 aliphatic rings. The molecule has 0 saturated heterocycles. The predicted molar refractivity (Wildman–Crippen MR) is 229 cm³/mol. The van der Waals surface area contributed by atoms with Crippen LogP contribution in [-0.2, 0) is 27.1 Å². The van der Waals surface area contributed by atoms with Gasteiger partial charge in [-0.15, -0.1) is 6.58 Å². The van der Waals surface area contributed by atoms with E-state index >= 15 is 0 Å². The third-order valence-corrected chi connectivity index (χ3v) is 17.2. The first kappa shape index (κ1) is 66.3. The van der Waals surface area contributed by atoms with E-state index in [9.17, 15) is 92.2 Å². The van der Waals surface area contributed by atoms with Crippen LogP contribution in [0.3, 0.4) is 0 Å². The van der Waals surface area contributed by atoms with Gasteiger partial charge in [-0.2, -0.15) is 92.2 Å². The highest BCUT2D eigenvalue weighted by atomic mass is 28.4. The first-order valence-corrected chi connectivity index (χ1v) is 25.1. The summed E-state index contributed by atoms with van der Waals surface area (Å²) in [5, 5.41) is -0.0766. The quantitative estimate of drug-likeness (QED) is 0.0336. The van der Waals surface area contributed by atoms with Crippen molar-refractivity contribution < 1.29 is 120 Å². The van der Waals surface area contributed by atoms with Crippen molar-refractivity contribution >= 4 is 8.32 Å². The molecule has 0 saturated carbocycles. The number of hydrogen-bond acceptors (Lipinski definition) is 6. The maximum Gasteiger partial charge on any atom is 0.460 e. The van der Waals surface area contributed by atoms with Crippen LogP contribution >= 0.6 is 0 Å². The maximum absolute atomic E-state index is 14.5. The minimum atomic E-state index is -9.22. The molecule has 0 N–H and O–H groups in total. The van der Waals surface area contributed by atoms with Crippen LogP contribution in [0.25, 0.3) is 0 Å². The first-order valence-electron chi connectivity index (χ1n) is 22.2. The Morgan fingerprint density at radius 2 is 1.00 bits per heavy atom. The first-order chi connectivity index (χ1) is 33.3. The molecule has 2 rings (SSSR count). The van der Waals surface area contributed by atoms with Crippen LogP contribution in [0.1, 0.15) is 71.4 Å². The number of benzene rings is 2. The van der Waals surface area contributed by atoms with E-state index in [1.165, 1.54) is 38.5 Å². The molecule has 6 nitrogen and oxygen atoms in total. The molecule has 28 heteroatoms. The molecule has 0 bridgehead atoms. The molecule has 428 valence electrons. The number of hydrogen-bond donors (Lipinski definition) is 0. The van der Waals surface area contributed by atoms with Gasteiger partial charge in [-0.1, -0.05) is 58.9 Å². The summed E-state index contributed by atoms with van der Waals surface area (Å²) in [5.74, 6) is -77.1. The van der Waals surface area contributed by atoms with Gasteiger partial charge >= 0.3 is 59.5 Å². The average molecular weight is 1130 g/mol. The average Bonchev–Trinajstić information content (AvgIpc) is 3.28. The van der Waals surface area contributed by atoms with Gasteiger partial charge in [0, 0.05) is 24.9 Å². The highest BCUT2D eigenvalue weighted by molar-refractivity contribution is 6.74. The van der Waals surface area contributed by atoms with Gasteiger partial charge in [-0.3, -0.25) is 0 Å². The Balaban J connectivity index is 2.27. The van der Waals surface area contributed by atoms with E-state index in [0.29, 0.717) is 36.5 Å². The second-order valence-electron chi connectivity index (χ2n) is 18.9. The lowest BCUT2D eigenvalue weighted by atomic mass is 9.85. The van der Waals surface area contributed by atoms with Crippen LogP contribution in [0.2, 0.25) is 18.1 Å². The Bertz CT molecular complexity index is 2110. The molecule has 0 aliphatic heterocycles. The van der Waals surface area contributed by atoms with Gasteiger partial charge in [-0.05, 0) is 72.8 Å². The Hall–Kier alpha value is -3.79. The second kappa shape index (κ2) is 23.4. The smallest absolute Gasteiger partial charge is 0.460 e. The number of halogens is 21. The Kier molecular flexibility index (Phi) is 21.0. The number of rotatable bonds is 30. The van der Waals surface area contributed by atoms with Crippen LogP contribution in [0.4, 0.5) is 92.2 Å². The monoisotopic (exact) mass is 1130 g/mol. The van der Waals surface area contributed by atoms with E-state index in [-0.39, 0.29) is 35.8 Å². The third kappa shape index (κ3) is 13.1. The van der Waals surface area contributed by atoms with Crippen LogP contribution in [0.5, 0.6) is 17.2 Å². The molecule has 2 aromatic carbocycles. The van der Waals surface area contributed by atoms with E-state index in [4.69, 9.17) is 28.1 Å². The molecule has 0 heterocycles. The summed E-state index contributed by atoms with van der Waals surface area (Å²) in [7, 11) is 0.828. The Morgan fingerprint density at radius 1 is 0.554 bits per heavy atom. The van der Waals surface area contributed by atoms with Crippen molar-refractivity contribution in [2.75, 3.05) is 27.4 Å². The second-order valence-corrected chi connectivity index (χ2v) is 23.7. The molecule has 2 aromatic rings. The molecule has 0 spiro atoms. The van der Waals surface area contributed by atoms with Gasteiger partial charge in [-0.25, -0.2) is 0 Å². The highest BCUT2D eigenvalue weighted by Gasteiger charge is 2.97. The molecule has 0 radical (unpaired) electrons. The van der Waals surface area contributed by atoms with E-state index < -0.39 is 99.5 Å². The minimum absolute atomic E-state index is 0.0749. The van der Waals surface area contributed by atoms with Crippen LogP contribution in [-0.4, -0.2) is 107 Å². The molecule has 0 fully saturated rings. The van der Waals surface area contributed by atoms with E-state index in [2.05, 4.69) is 40.4 Å². The van der Waals surface area contributed by atoms with Crippen molar-refractivity contribution in [2.45, 2.75) is 163 Å². The summed E-state index contributed by atoms with van der Waals surface area (Å²) in [4.78, 5) is 0. The van der Waals surface area contributed by atoms with E-state index in [0.717, 1.165) is 5.56 Å². The summed E-state index contributed by atoms with van der Waals surface area (Å²) in [6.07, 6.45) is -10.6. The highest BCUT2D eigenvalue weighted by Crippen LogP contribution is 2.66. The van der Waals surface area contributed by atoms with Crippen LogP contribution in [0, 0.1) is 11.8 Å². The maximum atomic E-state index is 14.5. The fraction of sp³-hybridized carbons (Fsp3) is 0.696. The van der Waals surface area contributed by atoms with Crippen molar-refractivity contribution in [2.24, 2.45) is 11.8 Å². The lowest BCUT2D eigenvalue weighted by molar-refractivity contribution is -0.474. The Labute approximate surface area is 414 Å². The lowest BCUT2D eigenvalue weighted by Crippen LogP contribution is -2.76. The molecular formula is C46H57F21O6Si. The number of ether oxygens (including phenoxy) is 5. The summed E-state index contributed by atoms with van der Waals surface area (Å²) >= 11 is 0. The van der Waals surface area contributed by atoms with Crippen LogP contribution < -0.4 is 14.2 Å². The van der Waals surface area contributed by atoms with Gasteiger partial charge in [0.1, 0.15) is 5.75 Å². The van der Waals surface area contributed by atoms with Gasteiger partial charge in [0.15, 0.2) is 19.8 Å². The SMILES string of the molecule is C=CC(C)C(OCc1ccc(OC)c(OC)c1)C(C)C(CCCO[Si](C)(C)C(C)(C)C)OCc1ccc(OCCCC(F)(F)C(F)(F)C(F)(F)C(F)(F)C(F)(F)C(F)(F)C(F)(F)C(F)(F)C(F)(F)C(F)(F)F)cc1. The number of alkyl halides is 21. The zero-order valence-corrected chi connectivity index (χ0v) is 42.2. The van der Waals surface area contributed by atoms with Gasteiger partial charge in [0.2, 0.25) is 0 Å². The lowest BCUT2D eigenvalue weighted by Gasteiger charge is -2.44. The molecular weight excluding hydrogens is 1080 g/mol. The minimum Gasteiger partial charge on any atom is -0.494 e. The summed E-state index contributed by atoms with van der Waals surface area (Å²) in [6.45, 7) is 17.5. The van der Waals surface area contributed by atoms with Crippen molar-refractivity contribution in [3.05, 3.63) is 66.2 Å². The van der Waals surface area contributed by atoms with Crippen molar-refractivity contribution in [3.8, 4) is 17.2 Å². The standard InChI is InChI=1S/C46H57F21O6Si/c1-11-27(2)35(72-26-30-17-20-33(68-7)34(24-30)69-8)28(3)32(14-12-23-73-74(9,10)36(4,5)6)71-25-29-15-18-31(19-16-29)70-22-13-21-37(47,48)38(49,50)39(51,52)40(53,54)41(55,56)42(57,58)43(59,60)44(61,62)45(63,64)46(65,66)67/h11,15-20,24,27-28,32,35H,1,12-14,21-23,25-26H2,2-10H3. The molecule has 0 aliphatic carbocycles. The fourth-order valence-corrected chi connectivity index (χ4v) is 7.82. The normalized spacial score (nSPS) is 16.1. The van der Waals surface area contributed by atoms with E-state index in [1.54, 1.807) is 24.3 Å². The number of methoxy groups -OCH3 is 2. The summed E-state index contributed by atoms with van der Waals surface area (Å²) in [6, 6.07) is 10.4. The van der Waals surface area contributed by atoms with Gasteiger partial charge in [0.05, 0.1) is 46.2 Å².